The summed E-state index contributed by atoms with van der Waals surface area (Å²) in [5.74, 6) is 1.12. The molecule has 0 spiro atoms. The lowest BCUT2D eigenvalue weighted by Gasteiger charge is -2.59. The summed E-state index contributed by atoms with van der Waals surface area (Å²) >= 11 is 0. The average molecular weight is 391 g/mol. The average Bonchev–Trinajstić information content (AvgIpc) is 2.92. The molecule has 156 valence electrons. The quantitative estimate of drug-likeness (QED) is 0.665. The van der Waals surface area contributed by atoms with Gasteiger partial charge in [-0.05, 0) is 68.1 Å². The smallest absolute Gasteiger partial charge is 0.302 e. The first-order valence-electron chi connectivity index (χ1n) is 11.0. The number of carbonyl (C=O) groups is 3. The van der Waals surface area contributed by atoms with Crippen molar-refractivity contribution >= 4 is 17.7 Å². The number of hydrogen-bond donors (Lipinski definition) is 0. The van der Waals surface area contributed by atoms with Gasteiger partial charge in [-0.3, -0.25) is 14.4 Å². The molecule has 0 aromatic rings. The van der Waals surface area contributed by atoms with E-state index in [-0.39, 0.29) is 40.9 Å². The lowest BCUT2D eigenvalue weighted by molar-refractivity contribution is -0.173. The molecule has 0 aromatic heterocycles. The zero-order valence-corrected chi connectivity index (χ0v) is 17.7. The second-order valence-electron chi connectivity index (χ2n) is 10.3. The van der Waals surface area contributed by atoms with Crippen LogP contribution in [0.25, 0.3) is 0 Å². The van der Waals surface area contributed by atoms with Crippen molar-refractivity contribution in [1.29, 1.82) is 0 Å². The fourth-order valence-electron chi connectivity index (χ4n) is 7.58. The van der Waals surface area contributed by atoms with E-state index in [2.05, 4.69) is 13.8 Å². The molecule has 4 rings (SSSR count). The third-order valence-electron chi connectivity index (χ3n) is 8.98. The first kappa shape index (κ1) is 19.9. The molecule has 5 heteroatoms. The summed E-state index contributed by atoms with van der Waals surface area (Å²) in [5.41, 5.74) is 0.0801. The summed E-state index contributed by atoms with van der Waals surface area (Å²) < 4.78 is 11.2. The minimum atomic E-state index is -0.218. The summed E-state index contributed by atoms with van der Waals surface area (Å²) in [6, 6.07) is 0. The third kappa shape index (κ3) is 3.00. The molecule has 0 unspecified atom stereocenters. The van der Waals surface area contributed by atoms with E-state index in [0.29, 0.717) is 30.0 Å². The molecular formula is C23H34O5. The van der Waals surface area contributed by atoms with Crippen molar-refractivity contribution < 1.29 is 23.9 Å². The monoisotopic (exact) mass is 390 g/mol. The molecular weight excluding hydrogens is 356 g/mol. The second-order valence-corrected chi connectivity index (χ2v) is 10.3. The zero-order chi connectivity index (χ0) is 20.3. The predicted octanol–water partition coefficient (Wildman–Crippen LogP) is 4.07. The Bertz CT molecular complexity index is 686. The highest BCUT2D eigenvalue weighted by Gasteiger charge is 2.63. The predicted molar refractivity (Wildman–Crippen MR) is 103 cm³/mol. The van der Waals surface area contributed by atoms with Crippen LogP contribution in [0.15, 0.2) is 0 Å². The van der Waals surface area contributed by atoms with E-state index in [1.807, 2.05) is 0 Å². The van der Waals surface area contributed by atoms with Crippen LogP contribution in [0.3, 0.4) is 0 Å². The van der Waals surface area contributed by atoms with Gasteiger partial charge in [-0.15, -0.1) is 0 Å². The zero-order valence-electron chi connectivity index (χ0n) is 17.7. The van der Waals surface area contributed by atoms with Crippen LogP contribution < -0.4 is 0 Å². The van der Waals surface area contributed by atoms with Gasteiger partial charge < -0.3 is 9.47 Å². The van der Waals surface area contributed by atoms with Crippen molar-refractivity contribution in [2.45, 2.75) is 91.3 Å². The summed E-state index contributed by atoms with van der Waals surface area (Å²) in [7, 11) is 0. The van der Waals surface area contributed by atoms with Crippen molar-refractivity contribution in [3.8, 4) is 0 Å². The molecule has 0 aromatic carbocycles. The maximum atomic E-state index is 13.4. The van der Waals surface area contributed by atoms with Crippen molar-refractivity contribution in [3.05, 3.63) is 0 Å². The Morgan fingerprint density at radius 1 is 0.893 bits per heavy atom. The number of ether oxygens (including phenoxy) is 2. The van der Waals surface area contributed by atoms with Crippen molar-refractivity contribution in [2.75, 3.05) is 0 Å². The molecule has 4 saturated carbocycles. The topological polar surface area (TPSA) is 69.7 Å². The van der Waals surface area contributed by atoms with Gasteiger partial charge in [0.25, 0.3) is 0 Å². The van der Waals surface area contributed by atoms with Crippen LogP contribution in [0.1, 0.15) is 79.1 Å². The van der Waals surface area contributed by atoms with Crippen molar-refractivity contribution in [1.82, 2.24) is 0 Å². The van der Waals surface area contributed by atoms with E-state index in [9.17, 15) is 14.4 Å². The number of fused-ring (bicyclic) bond motifs is 5. The van der Waals surface area contributed by atoms with Crippen LogP contribution in [0.4, 0.5) is 0 Å². The van der Waals surface area contributed by atoms with E-state index in [1.54, 1.807) is 0 Å². The van der Waals surface area contributed by atoms with E-state index in [1.165, 1.54) is 13.8 Å². The first-order chi connectivity index (χ1) is 13.1. The third-order valence-corrected chi connectivity index (χ3v) is 8.98. The lowest BCUT2D eigenvalue weighted by Crippen LogP contribution is -2.58. The molecule has 4 aliphatic carbocycles. The lowest BCUT2D eigenvalue weighted by atomic mass is 9.45. The molecule has 4 fully saturated rings. The normalized spacial score (nSPS) is 47.5. The van der Waals surface area contributed by atoms with Gasteiger partial charge in [0, 0.05) is 31.6 Å². The van der Waals surface area contributed by atoms with Gasteiger partial charge >= 0.3 is 11.9 Å². The fourth-order valence-corrected chi connectivity index (χ4v) is 7.58. The highest BCUT2D eigenvalue weighted by molar-refractivity contribution is 5.83. The number of hydrogen-bond acceptors (Lipinski definition) is 5. The first-order valence-corrected chi connectivity index (χ1v) is 11.0. The Balaban J connectivity index is 1.57. The number of ketones is 1. The van der Waals surface area contributed by atoms with Gasteiger partial charge in [0.2, 0.25) is 0 Å². The maximum absolute atomic E-state index is 13.4. The van der Waals surface area contributed by atoms with Crippen LogP contribution >= 0.6 is 0 Å². The van der Waals surface area contributed by atoms with Crippen LogP contribution in [0.2, 0.25) is 0 Å². The molecule has 28 heavy (non-hydrogen) atoms. The molecule has 0 heterocycles. The van der Waals surface area contributed by atoms with Crippen LogP contribution in [0.5, 0.6) is 0 Å². The van der Waals surface area contributed by atoms with E-state index in [0.717, 1.165) is 44.9 Å². The summed E-state index contributed by atoms with van der Waals surface area (Å²) in [6.07, 6.45) is 7.21. The van der Waals surface area contributed by atoms with Gasteiger partial charge in [-0.25, -0.2) is 0 Å². The highest BCUT2D eigenvalue weighted by Crippen LogP contribution is 2.65. The van der Waals surface area contributed by atoms with Crippen molar-refractivity contribution in [2.24, 2.45) is 34.5 Å². The number of Topliss-reactive ketones (excluding diaryl/α,β-unsaturated/α-hetero) is 1. The Morgan fingerprint density at radius 3 is 2.21 bits per heavy atom. The molecule has 0 bridgehead atoms. The number of rotatable bonds is 2. The van der Waals surface area contributed by atoms with E-state index < -0.39 is 0 Å². The Kier molecular flexibility index (Phi) is 4.86. The van der Waals surface area contributed by atoms with Crippen LogP contribution in [-0.4, -0.2) is 29.9 Å². The second kappa shape index (κ2) is 6.84. The minimum absolute atomic E-state index is 0.0337. The number of carbonyl (C=O) groups excluding carboxylic acids is 3. The Morgan fingerprint density at radius 2 is 1.54 bits per heavy atom. The molecule has 4 aliphatic rings. The van der Waals surface area contributed by atoms with E-state index in [4.69, 9.17) is 9.47 Å². The Labute approximate surface area is 167 Å². The minimum Gasteiger partial charge on any atom is -0.463 e. The Hall–Kier alpha value is -1.39. The SMILES string of the molecule is CC(=O)O[C@@H]1CC[C@@]2(C)[C@H](CC(=O)[C@@H]3[C@@H]2CC[C@]2(C)[C@H](OC(C)=O)CC[C@@H]32)C1. The van der Waals surface area contributed by atoms with Crippen LogP contribution in [0, 0.1) is 34.5 Å². The standard InChI is InChI=1S/C23H34O5/c1-13(24)27-16-7-9-22(3)15(11-16)12-19(26)21-17-5-6-20(28-14(2)25)23(17,4)10-8-18(21)22/h15-18,20-21H,5-12H2,1-4H3/t15-,16+,17-,18-,20+,21-,22-,23-/m0/s1. The summed E-state index contributed by atoms with van der Waals surface area (Å²) in [6.45, 7) is 7.58. The fraction of sp³-hybridized carbons (Fsp3) is 0.870. The molecule has 5 nitrogen and oxygen atoms in total. The molecule has 0 aliphatic heterocycles. The summed E-state index contributed by atoms with van der Waals surface area (Å²) in [5, 5.41) is 0. The van der Waals surface area contributed by atoms with Gasteiger partial charge in [-0.1, -0.05) is 13.8 Å². The van der Waals surface area contributed by atoms with Gasteiger partial charge in [0.15, 0.2) is 0 Å². The van der Waals surface area contributed by atoms with E-state index >= 15 is 0 Å². The largest absolute Gasteiger partial charge is 0.463 e. The molecule has 0 saturated heterocycles. The molecule has 8 atom stereocenters. The van der Waals surface area contributed by atoms with Crippen molar-refractivity contribution in [3.63, 3.8) is 0 Å². The van der Waals surface area contributed by atoms with Gasteiger partial charge in [0.05, 0.1) is 0 Å². The van der Waals surface area contributed by atoms with Crippen LogP contribution in [-0.2, 0) is 23.9 Å². The van der Waals surface area contributed by atoms with Gasteiger partial charge in [-0.2, -0.15) is 0 Å². The highest BCUT2D eigenvalue weighted by atomic mass is 16.5. The molecule has 0 N–H and O–H groups in total. The maximum Gasteiger partial charge on any atom is 0.302 e. The summed E-state index contributed by atoms with van der Waals surface area (Å²) in [4.78, 5) is 36.3. The van der Waals surface area contributed by atoms with Gasteiger partial charge in [0.1, 0.15) is 18.0 Å². The molecule has 0 radical (unpaired) electrons. The molecule has 0 amide bonds. The number of esters is 2.